The van der Waals surface area contributed by atoms with Gasteiger partial charge in [-0.25, -0.2) is 0 Å². The molecular formula is C9H16O2. The Hall–Kier alpha value is -0.500. The van der Waals surface area contributed by atoms with Gasteiger partial charge in [-0.15, -0.1) is 0 Å². The van der Waals surface area contributed by atoms with E-state index < -0.39 is 0 Å². The normalized spacial score (nSPS) is 23.5. The van der Waals surface area contributed by atoms with Crippen LogP contribution in [0.2, 0.25) is 0 Å². The molecule has 0 saturated carbocycles. The number of ether oxygens (including phenoxy) is 2. The van der Waals surface area contributed by atoms with Crippen LogP contribution in [0.4, 0.5) is 0 Å². The van der Waals surface area contributed by atoms with E-state index in [1.807, 2.05) is 6.08 Å². The molecule has 64 valence electrons. The fourth-order valence-electron chi connectivity index (χ4n) is 0.944. The summed E-state index contributed by atoms with van der Waals surface area (Å²) in [6.45, 7) is 3.82. The van der Waals surface area contributed by atoms with Crippen LogP contribution in [0, 0.1) is 0 Å². The molecule has 0 amide bonds. The minimum Gasteiger partial charge on any atom is -0.501 e. The number of hydrogen-bond acceptors (Lipinski definition) is 2. The van der Waals surface area contributed by atoms with Crippen LogP contribution >= 0.6 is 0 Å². The molecule has 1 saturated heterocycles. The zero-order valence-corrected chi connectivity index (χ0v) is 7.08. The molecule has 1 aliphatic rings. The predicted molar refractivity (Wildman–Crippen MR) is 44.4 cm³/mol. The molecule has 1 heterocycles. The Morgan fingerprint density at radius 2 is 2.45 bits per heavy atom. The van der Waals surface area contributed by atoms with Crippen LogP contribution in [0.1, 0.15) is 26.2 Å². The lowest BCUT2D eigenvalue weighted by Crippen LogP contribution is -2.27. The molecule has 1 aliphatic heterocycles. The topological polar surface area (TPSA) is 18.5 Å². The first kappa shape index (κ1) is 8.60. The van der Waals surface area contributed by atoms with Gasteiger partial charge >= 0.3 is 0 Å². The van der Waals surface area contributed by atoms with Crippen molar-refractivity contribution in [1.29, 1.82) is 0 Å². The maximum atomic E-state index is 5.23. The van der Waals surface area contributed by atoms with Gasteiger partial charge in [0.25, 0.3) is 0 Å². The summed E-state index contributed by atoms with van der Waals surface area (Å²) in [4.78, 5) is 0. The van der Waals surface area contributed by atoms with Gasteiger partial charge in [0.05, 0.1) is 19.0 Å². The number of allylic oxidation sites excluding steroid dienone is 1. The van der Waals surface area contributed by atoms with Gasteiger partial charge in [0.15, 0.2) is 0 Å². The maximum absolute atomic E-state index is 5.23. The molecule has 0 aromatic carbocycles. The van der Waals surface area contributed by atoms with Crippen molar-refractivity contribution in [3.05, 3.63) is 12.3 Å². The second-order valence-electron chi connectivity index (χ2n) is 2.72. The highest BCUT2D eigenvalue weighted by Gasteiger charge is 2.16. The summed E-state index contributed by atoms with van der Waals surface area (Å²) >= 11 is 0. The second-order valence-corrected chi connectivity index (χ2v) is 2.72. The molecule has 11 heavy (non-hydrogen) atoms. The van der Waals surface area contributed by atoms with Crippen molar-refractivity contribution in [3.63, 3.8) is 0 Å². The van der Waals surface area contributed by atoms with E-state index in [4.69, 9.17) is 9.47 Å². The lowest BCUT2D eigenvalue weighted by molar-refractivity contribution is -0.0618. The van der Waals surface area contributed by atoms with E-state index in [0.717, 1.165) is 26.1 Å². The van der Waals surface area contributed by atoms with E-state index in [1.165, 1.54) is 6.42 Å². The van der Waals surface area contributed by atoms with E-state index >= 15 is 0 Å². The molecule has 2 nitrogen and oxygen atoms in total. The Balaban J connectivity index is 1.83. The first-order valence-electron chi connectivity index (χ1n) is 4.31. The second kappa shape index (κ2) is 5.19. The van der Waals surface area contributed by atoms with Crippen molar-refractivity contribution < 1.29 is 9.47 Å². The molecule has 0 radical (unpaired) electrons. The fourth-order valence-corrected chi connectivity index (χ4v) is 0.944. The highest BCUT2D eigenvalue weighted by Crippen LogP contribution is 2.14. The summed E-state index contributed by atoms with van der Waals surface area (Å²) in [5.74, 6) is 0. The largest absolute Gasteiger partial charge is 0.501 e. The first-order valence-corrected chi connectivity index (χ1v) is 4.31. The molecule has 0 N–H and O–H groups in total. The van der Waals surface area contributed by atoms with E-state index in [0.29, 0.717) is 6.10 Å². The van der Waals surface area contributed by atoms with Crippen LogP contribution in [-0.4, -0.2) is 19.3 Å². The lowest BCUT2D eigenvalue weighted by Gasteiger charge is -2.25. The standard InChI is InChI=1S/C9H16O2/c1-2-3-6-10-7-4-9-5-8-11-9/h3,6,9H,2,4-5,7-8H2,1H3. The third-order valence-corrected chi connectivity index (χ3v) is 1.78. The molecule has 1 unspecified atom stereocenters. The van der Waals surface area contributed by atoms with Gasteiger partial charge in [-0.2, -0.15) is 0 Å². The van der Waals surface area contributed by atoms with Crippen molar-refractivity contribution in [1.82, 2.24) is 0 Å². The van der Waals surface area contributed by atoms with Crippen molar-refractivity contribution in [2.75, 3.05) is 13.2 Å². The van der Waals surface area contributed by atoms with Gasteiger partial charge < -0.3 is 9.47 Å². The number of hydrogen-bond donors (Lipinski definition) is 0. The molecule has 0 aliphatic carbocycles. The molecule has 2 heteroatoms. The Kier molecular flexibility index (Phi) is 4.06. The van der Waals surface area contributed by atoms with Gasteiger partial charge in [0.1, 0.15) is 0 Å². The predicted octanol–water partition coefficient (Wildman–Crippen LogP) is 2.11. The van der Waals surface area contributed by atoms with Crippen molar-refractivity contribution >= 4 is 0 Å². The highest BCUT2D eigenvalue weighted by molar-refractivity contribution is 4.71. The molecule has 0 bridgehead atoms. The third-order valence-electron chi connectivity index (χ3n) is 1.78. The van der Waals surface area contributed by atoms with Gasteiger partial charge in [-0.1, -0.05) is 13.0 Å². The van der Waals surface area contributed by atoms with E-state index in [1.54, 1.807) is 6.26 Å². The SMILES string of the molecule is CCC=COCCC1CCO1. The van der Waals surface area contributed by atoms with Crippen LogP contribution in [-0.2, 0) is 9.47 Å². The zero-order chi connectivity index (χ0) is 7.94. The summed E-state index contributed by atoms with van der Waals surface area (Å²) in [6.07, 6.45) is 7.56. The summed E-state index contributed by atoms with van der Waals surface area (Å²) < 4.78 is 10.5. The molecular weight excluding hydrogens is 140 g/mol. The van der Waals surface area contributed by atoms with Crippen LogP contribution < -0.4 is 0 Å². The first-order chi connectivity index (χ1) is 5.43. The van der Waals surface area contributed by atoms with Crippen molar-refractivity contribution in [2.45, 2.75) is 32.3 Å². The van der Waals surface area contributed by atoms with Crippen LogP contribution in [0.15, 0.2) is 12.3 Å². The molecule has 1 rings (SSSR count). The summed E-state index contributed by atoms with van der Waals surface area (Å²) in [7, 11) is 0. The van der Waals surface area contributed by atoms with Crippen molar-refractivity contribution in [3.8, 4) is 0 Å². The Morgan fingerprint density at radius 3 is 3.00 bits per heavy atom. The van der Waals surface area contributed by atoms with Gasteiger partial charge in [-0.3, -0.25) is 0 Å². The molecule has 0 aromatic rings. The molecule has 0 aromatic heterocycles. The van der Waals surface area contributed by atoms with Gasteiger partial charge in [0, 0.05) is 13.0 Å². The Labute approximate surface area is 68.2 Å². The number of rotatable bonds is 5. The minimum absolute atomic E-state index is 0.477. The van der Waals surface area contributed by atoms with Crippen LogP contribution in [0.5, 0.6) is 0 Å². The van der Waals surface area contributed by atoms with E-state index in [-0.39, 0.29) is 0 Å². The highest BCUT2D eigenvalue weighted by atomic mass is 16.5. The summed E-state index contributed by atoms with van der Waals surface area (Å²) in [5, 5.41) is 0. The average molecular weight is 156 g/mol. The fraction of sp³-hybridized carbons (Fsp3) is 0.778. The quantitative estimate of drug-likeness (QED) is 0.448. The zero-order valence-electron chi connectivity index (χ0n) is 7.08. The van der Waals surface area contributed by atoms with E-state index in [9.17, 15) is 0 Å². The Bertz CT molecular complexity index is 117. The lowest BCUT2D eigenvalue weighted by atomic mass is 10.1. The average Bonchev–Trinajstić information content (AvgIpc) is 1.93. The molecule has 1 fully saturated rings. The van der Waals surface area contributed by atoms with E-state index in [2.05, 4.69) is 6.92 Å². The molecule has 0 spiro atoms. The van der Waals surface area contributed by atoms with Gasteiger partial charge in [-0.05, 0) is 12.8 Å². The van der Waals surface area contributed by atoms with Crippen LogP contribution in [0.25, 0.3) is 0 Å². The smallest absolute Gasteiger partial charge is 0.0897 e. The van der Waals surface area contributed by atoms with Crippen LogP contribution in [0.3, 0.4) is 0 Å². The minimum atomic E-state index is 0.477. The van der Waals surface area contributed by atoms with Gasteiger partial charge in [0.2, 0.25) is 0 Å². The Morgan fingerprint density at radius 1 is 1.64 bits per heavy atom. The summed E-state index contributed by atoms with van der Waals surface area (Å²) in [6, 6.07) is 0. The monoisotopic (exact) mass is 156 g/mol. The third kappa shape index (κ3) is 3.42. The summed E-state index contributed by atoms with van der Waals surface area (Å²) in [5.41, 5.74) is 0. The maximum Gasteiger partial charge on any atom is 0.0897 e. The van der Waals surface area contributed by atoms with Crippen molar-refractivity contribution in [2.24, 2.45) is 0 Å². The molecule has 1 atom stereocenters.